The molecule has 3 aromatic rings. The molecule has 0 unspecified atom stereocenters. The normalized spacial score (nSPS) is 10.7. The number of furan rings is 1. The molecule has 0 aliphatic carbocycles. The Morgan fingerprint density at radius 2 is 1.78 bits per heavy atom. The number of ketones is 1. The quantitative estimate of drug-likeness (QED) is 0.502. The van der Waals surface area contributed by atoms with Crippen molar-refractivity contribution >= 4 is 45.9 Å². The molecule has 116 valence electrons. The van der Waals surface area contributed by atoms with Crippen LogP contribution in [0.25, 0.3) is 11.0 Å². The highest BCUT2D eigenvalue weighted by Crippen LogP contribution is 2.23. The Morgan fingerprint density at radius 3 is 2.52 bits per heavy atom. The summed E-state index contributed by atoms with van der Waals surface area (Å²) in [5.74, 6) is -0.934. The zero-order valence-electron chi connectivity index (χ0n) is 11.7. The Labute approximate surface area is 141 Å². The second-order valence-corrected chi connectivity index (χ2v) is 5.59. The Hall–Kier alpha value is -2.30. The van der Waals surface area contributed by atoms with Crippen molar-refractivity contribution in [2.75, 3.05) is 6.61 Å². The summed E-state index contributed by atoms with van der Waals surface area (Å²) >= 11 is 11.6. The van der Waals surface area contributed by atoms with E-state index in [1.54, 1.807) is 12.1 Å². The van der Waals surface area contributed by atoms with Crippen molar-refractivity contribution in [3.05, 3.63) is 69.9 Å². The SMILES string of the molecule is O=C(OCC(=O)c1cc2ccccc2o1)c1ccc(Cl)c(Cl)c1. The molecule has 1 heterocycles. The highest BCUT2D eigenvalue weighted by Gasteiger charge is 2.16. The van der Waals surface area contributed by atoms with E-state index in [9.17, 15) is 9.59 Å². The van der Waals surface area contributed by atoms with E-state index in [1.807, 2.05) is 18.2 Å². The van der Waals surface area contributed by atoms with Gasteiger partial charge in [-0.1, -0.05) is 41.4 Å². The first-order valence-corrected chi connectivity index (χ1v) is 7.44. The van der Waals surface area contributed by atoms with Crippen LogP contribution < -0.4 is 0 Å². The van der Waals surface area contributed by atoms with E-state index in [0.717, 1.165) is 5.39 Å². The van der Waals surface area contributed by atoms with Gasteiger partial charge in [0.15, 0.2) is 12.4 Å². The van der Waals surface area contributed by atoms with Crippen molar-refractivity contribution in [2.24, 2.45) is 0 Å². The smallest absolute Gasteiger partial charge is 0.338 e. The van der Waals surface area contributed by atoms with Crippen molar-refractivity contribution in [3.8, 4) is 0 Å². The van der Waals surface area contributed by atoms with E-state index in [0.29, 0.717) is 10.6 Å². The fraction of sp³-hybridized carbons (Fsp3) is 0.0588. The van der Waals surface area contributed by atoms with Crippen molar-refractivity contribution < 1.29 is 18.7 Å². The van der Waals surface area contributed by atoms with Crippen LogP contribution in [0, 0.1) is 0 Å². The molecule has 0 saturated heterocycles. The number of esters is 1. The van der Waals surface area contributed by atoms with Crippen LogP contribution in [0.15, 0.2) is 52.9 Å². The summed E-state index contributed by atoms with van der Waals surface area (Å²) in [6.07, 6.45) is 0. The number of halogens is 2. The molecule has 3 rings (SSSR count). The summed E-state index contributed by atoms with van der Waals surface area (Å²) in [6.45, 7) is -0.418. The van der Waals surface area contributed by atoms with Gasteiger partial charge in [0.05, 0.1) is 15.6 Å². The van der Waals surface area contributed by atoms with E-state index >= 15 is 0 Å². The van der Waals surface area contributed by atoms with E-state index in [2.05, 4.69) is 0 Å². The predicted octanol–water partition coefficient (Wildman–Crippen LogP) is 4.78. The number of fused-ring (bicyclic) bond motifs is 1. The maximum absolute atomic E-state index is 12.1. The Balaban J connectivity index is 1.68. The van der Waals surface area contributed by atoms with Crippen molar-refractivity contribution in [3.63, 3.8) is 0 Å². The van der Waals surface area contributed by atoms with Crippen molar-refractivity contribution in [2.45, 2.75) is 0 Å². The van der Waals surface area contributed by atoms with Crippen LogP contribution >= 0.6 is 23.2 Å². The fourth-order valence-electron chi connectivity index (χ4n) is 2.03. The molecule has 0 amide bonds. The lowest BCUT2D eigenvalue weighted by Gasteiger charge is -2.04. The zero-order chi connectivity index (χ0) is 16.4. The molecule has 0 fully saturated rings. The molecule has 0 N–H and O–H groups in total. The molecule has 0 spiro atoms. The molecular weight excluding hydrogens is 339 g/mol. The van der Waals surface area contributed by atoms with Crippen LogP contribution in [0.3, 0.4) is 0 Å². The maximum atomic E-state index is 12.1. The Bertz CT molecular complexity index is 865. The van der Waals surface area contributed by atoms with Gasteiger partial charge in [0.2, 0.25) is 5.78 Å². The number of para-hydroxylation sites is 1. The molecule has 6 heteroatoms. The van der Waals surface area contributed by atoms with Crippen LogP contribution in [-0.4, -0.2) is 18.4 Å². The van der Waals surface area contributed by atoms with Gasteiger partial charge in [0.1, 0.15) is 5.58 Å². The van der Waals surface area contributed by atoms with Gasteiger partial charge in [-0.3, -0.25) is 4.79 Å². The molecule has 0 aliphatic rings. The van der Waals surface area contributed by atoms with Gasteiger partial charge in [0.25, 0.3) is 0 Å². The van der Waals surface area contributed by atoms with Crippen LogP contribution in [-0.2, 0) is 4.74 Å². The number of ether oxygens (including phenoxy) is 1. The molecule has 0 saturated carbocycles. The second kappa shape index (κ2) is 6.44. The lowest BCUT2D eigenvalue weighted by Crippen LogP contribution is -2.13. The molecule has 0 bridgehead atoms. The monoisotopic (exact) mass is 348 g/mol. The van der Waals surface area contributed by atoms with Crippen molar-refractivity contribution in [1.29, 1.82) is 0 Å². The number of rotatable bonds is 4. The van der Waals surface area contributed by atoms with Crippen LogP contribution in [0.1, 0.15) is 20.9 Å². The lowest BCUT2D eigenvalue weighted by molar-refractivity contribution is 0.0468. The minimum absolute atomic E-state index is 0.146. The van der Waals surface area contributed by atoms with Gasteiger partial charge in [-0.2, -0.15) is 0 Å². The predicted molar refractivity (Wildman–Crippen MR) is 87.3 cm³/mol. The molecule has 0 atom stereocenters. The van der Waals surface area contributed by atoms with Gasteiger partial charge in [-0.15, -0.1) is 0 Å². The van der Waals surface area contributed by atoms with E-state index in [-0.39, 0.29) is 16.3 Å². The number of carbonyl (C=O) groups excluding carboxylic acids is 2. The molecule has 0 aliphatic heterocycles. The fourth-order valence-corrected chi connectivity index (χ4v) is 2.33. The number of benzene rings is 2. The third kappa shape index (κ3) is 3.38. The second-order valence-electron chi connectivity index (χ2n) is 4.78. The number of carbonyl (C=O) groups is 2. The van der Waals surface area contributed by atoms with E-state index in [1.165, 1.54) is 18.2 Å². The van der Waals surface area contributed by atoms with E-state index < -0.39 is 18.4 Å². The lowest BCUT2D eigenvalue weighted by atomic mass is 10.2. The highest BCUT2D eigenvalue weighted by atomic mass is 35.5. The minimum Gasteiger partial charge on any atom is -0.454 e. The summed E-state index contributed by atoms with van der Waals surface area (Å²) < 4.78 is 10.4. The first-order chi connectivity index (χ1) is 11.0. The van der Waals surface area contributed by atoms with Gasteiger partial charge < -0.3 is 9.15 Å². The topological polar surface area (TPSA) is 56.5 Å². The van der Waals surface area contributed by atoms with Gasteiger partial charge in [-0.25, -0.2) is 4.79 Å². The standard InChI is InChI=1S/C17H10Cl2O4/c18-12-6-5-11(7-13(12)19)17(21)22-9-14(20)16-8-10-3-1-2-4-15(10)23-16/h1-8H,9H2. The summed E-state index contributed by atoms with van der Waals surface area (Å²) in [5, 5.41) is 1.39. The molecule has 2 aromatic carbocycles. The molecule has 23 heavy (non-hydrogen) atoms. The summed E-state index contributed by atoms with van der Waals surface area (Å²) in [5.41, 5.74) is 0.823. The number of hydrogen-bond acceptors (Lipinski definition) is 4. The van der Waals surface area contributed by atoms with Crippen LogP contribution in [0.5, 0.6) is 0 Å². The number of Topliss-reactive ketones (excluding diaryl/α,β-unsaturated/α-hetero) is 1. The largest absolute Gasteiger partial charge is 0.454 e. The Kier molecular flexibility index (Phi) is 4.37. The zero-order valence-corrected chi connectivity index (χ0v) is 13.2. The molecular formula is C17H10Cl2O4. The average molecular weight is 349 g/mol. The Morgan fingerprint density at radius 1 is 1.00 bits per heavy atom. The van der Waals surface area contributed by atoms with Crippen LogP contribution in [0.4, 0.5) is 0 Å². The molecule has 0 radical (unpaired) electrons. The average Bonchev–Trinajstić information content (AvgIpc) is 2.99. The van der Waals surface area contributed by atoms with Gasteiger partial charge >= 0.3 is 5.97 Å². The first-order valence-electron chi connectivity index (χ1n) is 6.68. The van der Waals surface area contributed by atoms with Gasteiger partial charge in [0, 0.05) is 5.39 Å². The summed E-state index contributed by atoms with van der Waals surface area (Å²) in [7, 11) is 0. The van der Waals surface area contributed by atoms with Crippen LogP contribution in [0.2, 0.25) is 10.0 Å². The summed E-state index contributed by atoms with van der Waals surface area (Å²) in [6, 6.07) is 13.2. The van der Waals surface area contributed by atoms with E-state index in [4.69, 9.17) is 32.4 Å². The minimum atomic E-state index is -0.659. The van der Waals surface area contributed by atoms with Crippen molar-refractivity contribution in [1.82, 2.24) is 0 Å². The summed E-state index contributed by atoms with van der Waals surface area (Å²) in [4.78, 5) is 24.0. The van der Waals surface area contributed by atoms with Gasteiger partial charge in [-0.05, 0) is 30.3 Å². The third-order valence-electron chi connectivity index (χ3n) is 3.19. The first kappa shape index (κ1) is 15.6. The third-order valence-corrected chi connectivity index (χ3v) is 3.93. The molecule has 4 nitrogen and oxygen atoms in total. The molecule has 1 aromatic heterocycles. The highest BCUT2D eigenvalue weighted by molar-refractivity contribution is 6.42. The maximum Gasteiger partial charge on any atom is 0.338 e. The number of hydrogen-bond donors (Lipinski definition) is 0.